The molecule has 118 valence electrons. The molecule has 1 aromatic carbocycles. The van der Waals surface area contributed by atoms with Crippen molar-refractivity contribution in [3.05, 3.63) is 29.8 Å². The van der Waals surface area contributed by atoms with E-state index in [-0.39, 0.29) is 12.1 Å². The Hall–Kier alpha value is -1.02. The van der Waals surface area contributed by atoms with Gasteiger partial charge in [-0.05, 0) is 68.1 Å². The molecular formula is C19H31NO. The normalized spacial score (nSPS) is 26.9. The SMILES string of the molecule is CC(C)Oc1cccc(C2CC(C(C)(C)C)CCC2N)c1. The fourth-order valence-electron chi connectivity index (χ4n) is 3.45. The molecule has 0 spiro atoms. The average molecular weight is 289 g/mol. The van der Waals surface area contributed by atoms with E-state index in [0.29, 0.717) is 11.3 Å². The van der Waals surface area contributed by atoms with Crippen LogP contribution in [0.4, 0.5) is 0 Å². The van der Waals surface area contributed by atoms with Gasteiger partial charge in [0.2, 0.25) is 0 Å². The predicted molar refractivity (Wildman–Crippen MR) is 89.7 cm³/mol. The number of hydrogen-bond acceptors (Lipinski definition) is 2. The van der Waals surface area contributed by atoms with Crippen molar-refractivity contribution in [2.75, 3.05) is 0 Å². The van der Waals surface area contributed by atoms with Gasteiger partial charge in [0.1, 0.15) is 5.75 Å². The third-order valence-corrected chi connectivity index (χ3v) is 4.79. The van der Waals surface area contributed by atoms with Crippen LogP contribution in [0.5, 0.6) is 5.75 Å². The molecule has 0 amide bonds. The van der Waals surface area contributed by atoms with Crippen molar-refractivity contribution in [1.82, 2.24) is 0 Å². The summed E-state index contributed by atoms with van der Waals surface area (Å²) in [6.07, 6.45) is 3.78. The Kier molecular flexibility index (Phi) is 4.98. The minimum Gasteiger partial charge on any atom is -0.491 e. The summed E-state index contributed by atoms with van der Waals surface area (Å²) in [4.78, 5) is 0. The van der Waals surface area contributed by atoms with Gasteiger partial charge < -0.3 is 10.5 Å². The second-order valence-corrected chi connectivity index (χ2v) is 7.89. The van der Waals surface area contributed by atoms with Crippen molar-refractivity contribution >= 4 is 0 Å². The zero-order chi connectivity index (χ0) is 15.6. The lowest BCUT2D eigenvalue weighted by atomic mass is 9.66. The highest BCUT2D eigenvalue weighted by atomic mass is 16.5. The van der Waals surface area contributed by atoms with Crippen LogP contribution in [0, 0.1) is 11.3 Å². The van der Waals surface area contributed by atoms with Crippen LogP contribution in [0.2, 0.25) is 0 Å². The fourth-order valence-corrected chi connectivity index (χ4v) is 3.45. The second-order valence-electron chi connectivity index (χ2n) is 7.89. The Balaban J connectivity index is 2.18. The molecule has 0 saturated heterocycles. The molecule has 0 radical (unpaired) electrons. The van der Waals surface area contributed by atoms with Gasteiger partial charge in [-0.25, -0.2) is 0 Å². The summed E-state index contributed by atoms with van der Waals surface area (Å²) in [6.45, 7) is 11.2. The molecule has 3 atom stereocenters. The Bertz CT molecular complexity index is 461. The molecule has 3 unspecified atom stereocenters. The van der Waals surface area contributed by atoms with Crippen molar-refractivity contribution in [2.24, 2.45) is 17.1 Å². The zero-order valence-corrected chi connectivity index (χ0v) is 14.2. The maximum atomic E-state index is 6.43. The van der Waals surface area contributed by atoms with Crippen LogP contribution < -0.4 is 10.5 Å². The van der Waals surface area contributed by atoms with Crippen molar-refractivity contribution in [1.29, 1.82) is 0 Å². The lowest BCUT2D eigenvalue weighted by molar-refractivity contribution is 0.153. The molecule has 2 nitrogen and oxygen atoms in total. The van der Waals surface area contributed by atoms with E-state index in [9.17, 15) is 0 Å². The molecule has 2 N–H and O–H groups in total. The van der Waals surface area contributed by atoms with E-state index in [0.717, 1.165) is 18.1 Å². The first-order chi connectivity index (χ1) is 9.77. The Morgan fingerprint density at radius 2 is 1.90 bits per heavy atom. The Morgan fingerprint density at radius 1 is 1.19 bits per heavy atom. The molecule has 1 saturated carbocycles. The lowest BCUT2D eigenvalue weighted by Gasteiger charge is -2.41. The van der Waals surface area contributed by atoms with Crippen molar-refractivity contribution < 1.29 is 4.74 Å². The quantitative estimate of drug-likeness (QED) is 0.873. The van der Waals surface area contributed by atoms with Crippen LogP contribution in [0.25, 0.3) is 0 Å². The molecule has 1 aliphatic rings. The minimum absolute atomic E-state index is 0.211. The van der Waals surface area contributed by atoms with E-state index in [1.807, 2.05) is 6.07 Å². The van der Waals surface area contributed by atoms with Gasteiger partial charge in [-0.15, -0.1) is 0 Å². The zero-order valence-electron chi connectivity index (χ0n) is 14.2. The fraction of sp³-hybridized carbons (Fsp3) is 0.684. The van der Waals surface area contributed by atoms with Crippen LogP contribution in [0.1, 0.15) is 65.4 Å². The van der Waals surface area contributed by atoms with Gasteiger partial charge in [-0.3, -0.25) is 0 Å². The molecule has 0 bridgehead atoms. The van der Waals surface area contributed by atoms with Crippen molar-refractivity contribution in [3.63, 3.8) is 0 Å². The van der Waals surface area contributed by atoms with Gasteiger partial charge in [0.25, 0.3) is 0 Å². The highest BCUT2D eigenvalue weighted by Gasteiger charge is 2.35. The molecule has 1 fully saturated rings. The molecule has 1 aliphatic carbocycles. The van der Waals surface area contributed by atoms with Crippen LogP contribution in [0.3, 0.4) is 0 Å². The number of ether oxygens (including phenoxy) is 1. The molecular weight excluding hydrogens is 258 g/mol. The summed E-state index contributed by atoms with van der Waals surface area (Å²) in [5, 5.41) is 0. The van der Waals surface area contributed by atoms with Gasteiger partial charge in [0, 0.05) is 6.04 Å². The van der Waals surface area contributed by atoms with Gasteiger partial charge >= 0.3 is 0 Å². The third-order valence-electron chi connectivity index (χ3n) is 4.79. The summed E-state index contributed by atoms with van der Waals surface area (Å²) in [7, 11) is 0. The first-order valence-electron chi connectivity index (χ1n) is 8.29. The smallest absolute Gasteiger partial charge is 0.119 e. The first kappa shape index (κ1) is 16.4. The largest absolute Gasteiger partial charge is 0.491 e. The molecule has 0 aliphatic heterocycles. The van der Waals surface area contributed by atoms with E-state index in [1.54, 1.807) is 0 Å². The number of hydrogen-bond donors (Lipinski definition) is 1. The lowest BCUT2D eigenvalue weighted by Crippen LogP contribution is -2.38. The van der Waals surface area contributed by atoms with E-state index in [2.05, 4.69) is 52.8 Å². The summed E-state index contributed by atoms with van der Waals surface area (Å²) in [5.41, 5.74) is 8.13. The van der Waals surface area contributed by atoms with E-state index >= 15 is 0 Å². The number of benzene rings is 1. The van der Waals surface area contributed by atoms with Crippen LogP contribution >= 0.6 is 0 Å². The Morgan fingerprint density at radius 3 is 2.52 bits per heavy atom. The van der Waals surface area contributed by atoms with Crippen LogP contribution in [-0.4, -0.2) is 12.1 Å². The molecule has 2 heteroatoms. The summed E-state index contributed by atoms with van der Waals surface area (Å²) in [5.74, 6) is 2.17. The molecule has 2 rings (SSSR count). The van der Waals surface area contributed by atoms with E-state index in [4.69, 9.17) is 10.5 Å². The molecule has 0 heterocycles. The Labute approximate surface area is 130 Å². The molecule has 21 heavy (non-hydrogen) atoms. The highest BCUT2D eigenvalue weighted by molar-refractivity contribution is 5.32. The first-order valence-corrected chi connectivity index (χ1v) is 8.29. The average Bonchev–Trinajstić information content (AvgIpc) is 2.37. The second kappa shape index (κ2) is 6.39. The van der Waals surface area contributed by atoms with Crippen molar-refractivity contribution in [3.8, 4) is 5.75 Å². The predicted octanol–water partition coefficient (Wildman–Crippen LogP) is 4.73. The summed E-state index contributed by atoms with van der Waals surface area (Å²) < 4.78 is 5.83. The van der Waals surface area contributed by atoms with E-state index < -0.39 is 0 Å². The summed E-state index contributed by atoms with van der Waals surface area (Å²) in [6, 6.07) is 8.82. The number of nitrogens with two attached hydrogens (primary N) is 1. The van der Waals surface area contributed by atoms with Crippen LogP contribution in [0.15, 0.2) is 24.3 Å². The topological polar surface area (TPSA) is 35.2 Å². The molecule has 0 aromatic heterocycles. The maximum Gasteiger partial charge on any atom is 0.119 e. The van der Waals surface area contributed by atoms with Crippen molar-refractivity contribution in [2.45, 2.75) is 71.9 Å². The third kappa shape index (κ3) is 4.23. The number of rotatable bonds is 3. The molecule has 1 aromatic rings. The van der Waals surface area contributed by atoms with Gasteiger partial charge in [0.05, 0.1) is 6.10 Å². The minimum atomic E-state index is 0.211. The van der Waals surface area contributed by atoms with Crippen LogP contribution in [-0.2, 0) is 0 Å². The van der Waals surface area contributed by atoms with E-state index in [1.165, 1.54) is 18.4 Å². The summed E-state index contributed by atoms with van der Waals surface area (Å²) >= 11 is 0. The monoisotopic (exact) mass is 289 g/mol. The van der Waals surface area contributed by atoms with Gasteiger partial charge in [-0.2, -0.15) is 0 Å². The van der Waals surface area contributed by atoms with Gasteiger partial charge in [0.15, 0.2) is 0 Å². The maximum absolute atomic E-state index is 6.43. The van der Waals surface area contributed by atoms with Gasteiger partial charge in [-0.1, -0.05) is 32.9 Å². The highest BCUT2D eigenvalue weighted by Crippen LogP contribution is 2.43. The standard InChI is InChI=1S/C19H31NO/c1-13(2)21-16-8-6-7-14(11-16)17-12-15(19(3,4)5)9-10-18(17)20/h6-8,11,13,15,17-18H,9-10,12,20H2,1-5H3.